The second-order valence-electron chi connectivity index (χ2n) is 4.54. The Labute approximate surface area is 111 Å². The summed E-state index contributed by atoms with van der Waals surface area (Å²) < 4.78 is 16.2. The van der Waals surface area contributed by atoms with Crippen molar-refractivity contribution < 1.29 is 19.0 Å². The van der Waals surface area contributed by atoms with Crippen molar-refractivity contribution in [2.75, 3.05) is 13.2 Å². The molecular weight excluding hydrogens is 244 g/mol. The van der Waals surface area contributed by atoms with Crippen LogP contribution in [0, 0.1) is 0 Å². The van der Waals surface area contributed by atoms with Gasteiger partial charge in [0.1, 0.15) is 19.0 Å². The fourth-order valence-corrected chi connectivity index (χ4v) is 2.17. The first kappa shape index (κ1) is 12.1. The van der Waals surface area contributed by atoms with Gasteiger partial charge in [-0.05, 0) is 36.2 Å². The summed E-state index contributed by atoms with van der Waals surface area (Å²) in [4.78, 5) is 0. The highest BCUT2D eigenvalue weighted by molar-refractivity contribution is 5.44. The minimum absolute atomic E-state index is 0.527. The van der Waals surface area contributed by atoms with Crippen molar-refractivity contribution in [3.63, 3.8) is 0 Å². The van der Waals surface area contributed by atoms with E-state index < -0.39 is 6.10 Å². The summed E-state index contributed by atoms with van der Waals surface area (Å²) in [6.07, 6.45) is 2.45. The van der Waals surface area contributed by atoms with Gasteiger partial charge in [-0.1, -0.05) is 6.07 Å². The minimum atomic E-state index is -0.527. The predicted molar refractivity (Wildman–Crippen MR) is 69.4 cm³/mol. The second-order valence-corrected chi connectivity index (χ2v) is 4.54. The summed E-state index contributed by atoms with van der Waals surface area (Å²) in [5.41, 5.74) is 0.843. The molecule has 1 unspecified atom stereocenters. The Morgan fingerprint density at radius 3 is 2.74 bits per heavy atom. The van der Waals surface area contributed by atoms with Crippen LogP contribution in [0.5, 0.6) is 11.5 Å². The van der Waals surface area contributed by atoms with Gasteiger partial charge in [0.2, 0.25) is 0 Å². The van der Waals surface area contributed by atoms with Crippen LogP contribution in [-0.2, 0) is 6.42 Å². The normalized spacial score (nSPS) is 15.2. The summed E-state index contributed by atoms with van der Waals surface area (Å²) in [6.45, 7) is 1.13. The third kappa shape index (κ3) is 2.74. The fourth-order valence-electron chi connectivity index (χ4n) is 2.17. The van der Waals surface area contributed by atoms with Crippen molar-refractivity contribution >= 4 is 0 Å². The molecule has 0 fully saturated rings. The van der Waals surface area contributed by atoms with Crippen LogP contribution in [-0.4, -0.2) is 18.3 Å². The van der Waals surface area contributed by atoms with Gasteiger partial charge in [-0.3, -0.25) is 0 Å². The van der Waals surface area contributed by atoms with E-state index in [0.29, 0.717) is 31.8 Å². The second kappa shape index (κ2) is 5.36. The van der Waals surface area contributed by atoms with Crippen molar-refractivity contribution in [3.8, 4) is 11.5 Å². The lowest BCUT2D eigenvalue weighted by atomic mass is 10.0. The Balaban J connectivity index is 1.67. The van der Waals surface area contributed by atoms with Crippen LogP contribution in [0.15, 0.2) is 41.0 Å². The summed E-state index contributed by atoms with van der Waals surface area (Å²) in [5, 5.41) is 10.2. The zero-order valence-corrected chi connectivity index (χ0v) is 10.5. The molecule has 1 aliphatic heterocycles. The highest BCUT2D eigenvalue weighted by atomic mass is 16.6. The molecule has 0 aliphatic carbocycles. The third-order valence-corrected chi connectivity index (χ3v) is 3.20. The summed E-state index contributed by atoms with van der Waals surface area (Å²) in [6, 6.07) is 9.34. The number of aryl methyl sites for hydroxylation is 1. The van der Waals surface area contributed by atoms with Crippen molar-refractivity contribution in [2.24, 2.45) is 0 Å². The average Bonchev–Trinajstić information content (AvgIpc) is 2.97. The Morgan fingerprint density at radius 1 is 1.11 bits per heavy atom. The molecule has 3 rings (SSSR count). The highest BCUT2D eigenvalue weighted by Gasteiger charge is 2.15. The highest BCUT2D eigenvalue weighted by Crippen LogP contribution is 2.33. The van der Waals surface area contributed by atoms with E-state index in [-0.39, 0.29) is 0 Å². The molecule has 0 saturated carbocycles. The SMILES string of the molecule is OC(CCc1ccco1)c1ccc2c(c1)OCCO2. The standard InChI is InChI=1S/C15H16O4/c16-13(5-4-12-2-1-7-17-12)11-3-6-14-15(10-11)19-9-8-18-14/h1-3,6-7,10,13,16H,4-5,8-9H2. The van der Waals surface area contributed by atoms with E-state index in [1.165, 1.54) is 0 Å². The van der Waals surface area contributed by atoms with Crippen molar-refractivity contribution in [3.05, 3.63) is 47.9 Å². The van der Waals surface area contributed by atoms with E-state index in [2.05, 4.69) is 0 Å². The molecule has 4 heteroatoms. The predicted octanol–water partition coefficient (Wildman–Crippen LogP) is 2.72. The first-order valence-corrected chi connectivity index (χ1v) is 6.43. The van der Waals surface area contributed by atoms with Crippen molar-refractivity contribution in [1.29, 1.82) is 0 Å². The van der Waals surface area contributed by atoms with Gasteiger partial charge in [0.05, 0.1) is 12.4 Å². The summed E-state index contributed by atoms with van der Waals surface area (Å²) in [5.74, 6) is 2.34. The average molecular weight is 260 g/mol. The van der Waals surface area contributed by atoms with Gasteiger partial charge in [0.25, 0.3) is 0 Å². The third-order valence-electron chi connectivity index (χ3n) is 3.20. The molecule has 1 atom stereocenters. The first-order chi connectivity index (χ1) is 9.33. The molecule has 1 N–H and O–H groups in total. The molecular formula is C15H16O4. The lowest BCUT2D eigenvalue weighted by molar-refractivity contribution is 0.158. The molecule has 100 valence electrons. The van der Waals surface area contributed by atoms with Crippen LogP contribution in [0.4, 0.5) is 0 Å². The molecule has 0 spiro atoms. The number of benzene rings is 1. The van der Waals surface area contributed by atoms with Crippen LogP contribution >= 0.6 is 0 Å². The van der Waals surface area contributed by atoms with Gasteiger partial charge in [0, 0.05) is 6.42 Å². The lowest BCUT2D eigenvalue weighted by Gasteiger charge is -2.20. The molecule has 1 aliphatic rings. The molecule has 4 nitrogen and oxygen atoms in total. The molecule has 2 heterocycles. The summed E-state index contributed by atoms with van der Waals surface area (Å²) >= 11 is 0. The molecule has 0 bridgehead atoms. The number of aliphatic hydroxyl groups excluding tert-OH is 1. The lowest BCUT2D eigenvalue weighted by Crippen LogP contribution is -2.15. The molecule has 0 saturated heterocycles. The zero-order chi connectivity index (χ0) is 13.1. The van der Waals surface area contributed by atoms with E-state index in [1.54, 1.807) is 6.26 Å². The van der Waals surface area contributed by atoms with Crippen LogP contribution < -0.4 is 9.47 Å². The maximum Gasteiger partial charge on any atom is 0.161 e. The number of aliphatic hydroxyl groups is 1. The molecule has 1 aromatic carbocycles. The molecule has 2 aromatic rings. The monoisotopic (exact) mass is 260 g/mol. The Kier molecular flexibility index (Phi) is 3.42. The minimum Gasteiger partial charge on any atom is -0.486 e. The number of hydrogen-bond acceptors (Lipinski definition) is 4. The van der Waals surface area contributed by atoms with E-state index in [0.717, 1.165) is 17.1 Å². The van der Waals surface area contributed by atoms with Gasteiger partial charge in [0.15, 0.2) is 11.5 Å². The Morgan fingerprint density at radius 2 is 1.95 bits per heavy atom. The van der Waals surface area contributed by atoms with E-state index in [9.17, 15) is 5.11 Å². The summed E-state index contributed by atoms with van der Waals surface area (Å²) in [7, 11) is 0. The van der Waals surface area contributed by atoms with Crippen LogP contribution in [0.2, 0.25) is 0 Å². The van der Waals surface area contributed by atoms with Crippen LogP contribution in [0.1, 0.15) is 23.8 Å². The maximum absolute atomic E-state index is 10.2. The smallest absolute Gasteiger partial charge is 0.161 e. The van der Waals surface area contributed by atoms with Crippen molar-refractivity contribution in [2.45, 2.75) is 18.9 Å². The van der Waals surface area contributed by atoms with E-state index >= 15 is 0 Å². The number of rotatable bonds is 4. The fraction of sp³-hybridized carbons (Fsp3) is 0.333. The van der Waals surface area contributed by atoms with Crippen LogP contribution in [0.3, 0.4) is 0 Å². The van der Waals surface area contributed by atoms with Crippen molar-refractivity contribution in [1.82, 2.24) is 0 Å². The molecule has 0 radical (unpaired) electrons. The van der Waals surface area contributed by atoms with Gasteiger partial charge in [-0.25, -0.2) is 0 Å². The first-order valence-electron chi connectivity index (χ1n) is 6.43. The van der Waals surface area contributed by atoms with Gasteiger partial charge < -0.3 is 19.0 Å². The Hall–Kier alpha value is -1.94. The number of furan rings is 1. The van der Waals surface area contributed by atoms with Gasteiger partial charge in [-0.2, -0.15) is 0 Å². The number of fused-ring (bicyclic) bond motifs is 1. The molecule has 19 heavy (non-hydrogen) atoms. The zero-order valence-electron chi connectivity index (χ0n) is 10.5. The van der Waals surface area contributed by atoms with E-state index in [4.69, 9.17) is 13.9 Å². The molecule has 1 aromatic heterocycles. The number of hydrogen-bond donors (Lipinski definition) is 1. The Bertz CT molecular complexity index is 533. The largest absolute Gasteiger partial charge is 0.486 e. The number of ether oxygens (including phenoxy) is 2. The quantitative estimate of drug-likeness (QED) is 0.918. The van der Waals surface area contributed by atoms with E-state index in [1.807, 2.05) is 30.3 Å². The van der Waals surface area contributed by atoms with Gasteiger partial charge >= 0.3 is 0 Å². The van der Waals surface area contributed by atoms with Gasteiger partial charge in [-0.15, -0.1) is 0 Å². The maximum atomic E-state index is 10.2. The van der Waals surface area contributed by atoms with Crippen LogP contribution in [0.25, 0.3) is 0 Å². The topological polar surface area (TPSA) is 51.8 Å². The molecule has 0 amide bonds.